The molecule has 0 spiro atoms. The maximum Gasteiger partial charge on any atom is 0.212 e. The molecule has 10 heteroatoms. The third-order valence-corrected chi connectivity index (χ3v) is 3.56. The maximum absolute atomic E-state index is 8.49. The fraction of sp³-hybridized carbons (Fsp3) is 0.231. The molecule has 9 nitrogen and oxygen atoms in total. The molecular weight excluding hydrogens is 316 g/mol. The minimum Gasteiger partial charge on any atom is -0.458 e. The van der Waals surface area contributed by atoms with Crippen LogP contribution in [0, 0.1) is 11.5 Å². The zero-order valence-corrected chi connectivity index (χ0v) is 13.5. The van der Waals surface area contributed by atoms with Crippen molar-refractivity contribution in [1.29, 1.82) is 5.26 Å². The number of thiazole rings is 1. The Morgan fingerprint density at radius 3 is 3.00 bits per heavy atom. The second-order valence-electron chi connectivity index (χ2n) is 4.45. The summed E-state index contributed by atoms with van der Waals surface area (Å²) in [6.45, 7) is 0.388. The number of hydrogen-bond acceptors (Lipinski definition) is 6. The van der Waals surface area contributed by atoms with E-state index in [2.05, 4.69) is 20.3 Å². The Labute approximate surface area is 137 Å². The van der Waals surface area contributed by atoms with Crippen molar-refractivity contribution in [3.05, 3.63) is 23.3 Å². The Kier molecular flexibility index (Phi) is 5.16. The molecule has 0 aliphatic carbocycles. The first-order chi connectivity index (χ1) is 11.0. The lowest BCUT2D eigenvalue weighted by Gasteiger charge is -2.14. The Morgan fingerprint density at radius 2 is 2.30 bits per heavy atom. The molecule has 2 heterocycles. The van der Waals surface area contributed by atoms with Gasteiger partial charge >= 0.3 is 0 Å². The predicted molar refractivity (Wildman–Crippen MR) is 88.9 cm³/mol. The van der Waals surface area contributed by atoms with Crippen molar-refractivity contribution < 1.29 is 4.42 Å². The van der Waals surface area contributed by atoms with Gasteiger partial charge in [-0.25, -0.2) is 4.98 Å². The van der Waals surface area contributed by atoms with Crippen LogP contribution in [-0.4, -0.2) is 35.9 Å². The van der Waals surface area contributed by atoms with Gasteiger partial charge in [0.2, 0.25) is 17.3 Å². The second-order valence-corrected chi connectivity index (χ2v) is 5.29. The highest BCUT2D eigenvalue weighted by Crippen LogP contribution is 2.28. The summed E-state index contributed by atoms with van der Waals surface area (Å²) in [4.78, 5) is 13.5. The number of nitriles is 1. The molecule has 120 valence electrons. The van der Waals surface area contributed by atoms with Gasteiger partial charge in [0.1, 0.15) is 11.5 Å². The van der Waals surface area contributed by atoms with E-state index >= 15 is 0 Å². The summed E-state index contributed by atoms with van der Waals surface area (Å²) in [5.74, 6) is 1.70. The number of nitrogens with one attached hydrogen (secondary N) is 1. The first-order valence-corrected chi connectivity index (χ1v) is 7.41. The number of aliphatic imine (C=N–C) groups is 2. The lowest BCUT2D eigenvalue weighted by Crippen LogP contribution is -2.33. The zero-order chi connectivity index (χ0) is 16.8. The molecular formula is C13H16N8OS. The average Bonchev–Trinajstić information content (AvgIpc) is 3.16. The predicted octanol–water partition coefficient (Wildman–Crippen LogP) is 0.796. The molecule has 0 fully saturated rings. The molecule has 0 aliphatic heterocycles. The highest BCUT2D eigenvalue weighted by molar-refractivity contribution is 7.13. The van der Waals surface area contributed by atoms with Crippen LogP contribution in [0.2, 0.25) is 0 Å². The normalized spacial score (nSPS) is 12.0. The van der Waals surface area contributed by atoms with E-state index in [1.807, 2.05) is 17.5 Å². The van der Waals surface area contributed by atoms with Gasteiger partial charge in [0.25, 0.3) is 0 Å². The first kappa shape index (κ1) is 16.3. The molecule has 2 aromatic heterocycles. The van der Waals surface area contributed by atoms with Crippen LogP contribution in [0.3, 0.4) is 0 Å². The molecule has 0 radical (unpaired) electrons. The highest BCUT2D eigenvalue weighted by atomic mass is 32.1. The van der Waals surface area contributed by atoms with E-state index in [1.165, 1.54) is 11.3 Å². The fourth-order valence-electron chi connectivity index (χ4n) is 1.64. The fourth-order valence-corrected chi connectivity index (χ4v) is 2.33. The minimum atomic E-state index is 0.123. The molecule has 0 atom stereocenters. The zero-order valence-electron chi connectivity index (χ0n) is 12.6. The topological polar surface area (TPSA) is 142 Å². The molecule has 0 bridgehead atoms. The monoisotopic (exact) mass is 332 g/mol. The van der Waals surface area contributed by atoms with Crippen molar-refractivity contribution in [2.75, 3.05) is 14.1 Å². The molecule has 0 unspecified atom stereocenters. The SMILES string of the molecule is CNC(N)=Nc1nc(-c2ccc(CN(C)C(N)=NC#N)o2)cs1. The van der Waals surface area contributed by atoms with Crippen molar-refractivity contribution in [2.24, 2.45) is 21.5 Å². The number of furan rings is 1. The van der Waals surface area contributed by atoms with E-state index in [0.717, 1.165) is 0 Å². The molecule has 2 aromatic rings. The van der Waals surface area contributed by atoms with Crippen molar-refractivity contribution >= 4 is 28.4 Å². The van der Waals surface area contributed by atoms with E-state index in [1.54, 1.807) is 25.2 Å². The summed E-state index contributed by atoms with van der Waals surface area (Å²) >= 11 is 1.36. The molecule has 23 heavy (non-hydrogen) atoms. The second kappa shape index (κ2) is 7.28. The molecule has 0 saturated heterocycles. The molecule has 0 aromatic carbocycles. The molecule has 0 saturated carbocycles. The van der Waals surface area contributed by atoms with Crippen LogP contribution in [-0.2, 0) is 6.54 Å². The number of nitrogens with zero attached hydrogens (tertiary/aromatic N) is 5. The lowest BCUT2D eigenvalue weighted by molar-refractivity contribution is 0.412. The Bertz CT molecular complexity index is 769. The van der Waals surface area contributed by atoms with Gasteiger partial charge in [0, 0.05) is 19.5 Å². The summed E-state index contributed by atoms with van der Waals surface area (Å²) in [7, 11) is 3.40. The summed E-state index contributed by atoms with van der Waals surface area (Å²) in [6.07, 6.45) is 1.64. The number of rotatable bonds is 4. The molecule has 0 aliphatic rings. The van der Waals surface area contributed by atoms with Crippen LogP contribution in [0.15, 0.2) is 31.9 Å². The Hall–Kier alpha value is -3.06. The van der Waals surface area contributed by atoms with Crippen LogP contribution < -0.4 is 16.8 Å². The van der Waals surface area contributed by atoms with Crippen LogP contribution in [0.1, 0.15) is 5.76 Å². The smallest absolute Gasteiger partial charge is 0.212 e. The highest BCUT2D eigenvalue weighted by Gasteiger charge is 2.11. The van der Waals surface area contributed by atoms with Gasteiger partial charge < -0.3 is 26.1 Å². The van der Waals surface area contributed by atoms with Crippen molar-refractivity contribution in [1.82, 2.24) is 15.2 Å². The van der Waals surface area contributed by atoms with Crippen molar-refractivity contribution in [2.45, 2.75) is 6.54 Å². The number of guanidine groups is 2. The third-order valence-electron chi connectivity index (χ3n) is 2.83. The quantitative estimate of drug-likeness (QED) is 0.427. The minimum absolute atomic E-state index is 0.123. The Morgan fingerprint density at radius 1 is 1.52 bits per heavy atom. The average molecular weight is 332 g/mol. The van der Waals surface area contributed by atoms with E-state index in [-0.39, 0.29) is 5.96 Å². The van der Waals surface area contributed by atoms with Gasteiger partial charge in [-0.2, -0.15) is 10.3 Å². The molecule has 0 amide bonds. The van der Waals surface area contributed by atoms with Crippen LogP contribution in [0.25, 0.3) is 11.5 Å². The third kappa shape index (κ3) is 4.21. The van der Waals surface area contributed by atoms with Gasteiger partial charge in [0.05, 0.1) is 6.54 Å². The molecule has 2 rings (SSSR count). The van der Waals surface area contributed by atoms with Crippen LogP contribution in [0.5, 0.6) is 0 Å². The van der Waals surface area contributed by atoms with E-state index in [9.17, 15) is 0 Å². The number of hydrogen-bond donors (Lipinski definition) is 3. The summed E-state index contributed by atoms with van der Waals surface area (Å²) in [6, 6.07) is 3.63. The molecule has 5 N–H and O–H groups in total. The van der Waals surface area contributed by atoms with Gasteiger partial charge in [0.15, 0.2) is 11.7 Å². The first-order valence-electron chi connectivity index (χ1n) is 6.53. The van der Waals surface area contributed by atoms with Gasteiger partial charge in [-0.3, -0.25) is 0 Å². The number of nitrogens with two attached hydrogens (primary N) is 2. The number of aromatic nitrogens is 1. The van der Waals surface area contributed by atoms with Crippen molar-refractivity contribution in [3.8, 4) is 17.6 Å². The largest absolute Gasteiger partial charge is 0.458 e. The Balaban J connectivity index is 2.11. The summed E-state index contributed by atoms with van der Waals surface area (Å²) in [5, 5.41) is 13.6. The van der Waals surface area contributed by atoms with Crippen molar-refractivity contribution in [3.63, 3.8) is 0 Å². The summed E-state index contributed by atoms with van der Waals surface area (Å²) < 4.78 is 5.73. The summed E-state index contributed by atoms with van der Waals surface area (Å²) in [5.41, 5.74) is 11.9. The van der Waals surface area contributed by atoms with Crippen LogP contribution in [0.4, 0.5) is 5.13 Å². The standard InChI is InChI=1S/C13H16N8OS/c1-17-11(15)20-13-19-9(6-23-13)10-4-3-8(22-10)5-21(2)12(16)18-7-14/h3-4,6H,5H2,1-2H3,(H2,16,18)(H3,15,17,19,20). The maximum atomic E-state index is 8.49. The lowest BCUT2D eigenvalue weighted by atomic mass is 10.3. The van der Waals surface area contributed by atoms with E-state index < -0.39 is 0 Å². The van der Waals surface area contributed by atoms with E-state index in [4.69, 9.17) is 21.1 Å². The van der Waals surface area contributed by atoms with Crippen LogP contribution >= 0.6 is 11.3 Å². The van der Waals surface area contributed by atoms with Gasteiger partial charge in [-0.1, -0.05) is 0 Å². The van der Waals surface area contributed by atoms with E-state index in [0.29, 0.717) is 34.9 Å². The van der Waals surface area contributed by atoms with Gasteiger partial charge in [-0.05, 0) is 12.1 Å². The van der Waals surface area contributed by atoms with Gasteiger partial charge in [-0.15, -0.1) is 16.3 Å².